The number of aromatic nitrogens is 2. The SMILES string of the molecule is CC1(C)CN(C(=O)Cn2cnc3sc(-c4ccccc4)cc3c2=O)c2ccccc21. The summed E-state index contributed by atoms with van der Waals surface area (Å²) in [5.41, 5.74) is 2.84. The maximum absolute atomic E-state index is 13.1. The molecule has 2 aromatic heterocycles. The van der Waals surface area contributed by atoms with Gasteiger partial charge in [-0.1, -0.05) is 62.4 Å². The van der Waals surface area contributed by atoms with Crippen LogP contribution in [0.3, 0.4) is 0 Å². The monoisotopic (exact) mass is 415 g/mol. The average Bonchev–Trinajstić information content (AvgIpc) is 3.31. The van der Waals surface area contributed by atoms with Crippen molar-refractivity contribution in [1.29, 1.82) is 0 Å². The Bertz CT molecular complexity index is 1320. The quantitative estimate of drug-likeness (QED) is 0.497. The van der Waals surface area contributed by atoms with Gasteiger partial charge in [0.15, 0.2) is 0 Å². The zero-order valence-electron chi connectivity index (χ0n) is 16.8. The van der Waals surface area contributed by atoms with Crippen molar-refractivity contribution in [2.45, 2.75) is 25.8 Å². The van der Waals surface area contributed by atoms with Crippen molar-refractivity contribution in [2.24, 2.45) is 0 Å². The Balaban J connectivity index is 1.47. The van der Waals surface area contributed by atoms with Crippen LogP contribution in [0.1, 0.15) is 19.4 Å². The molecule has 0 N–H and O–H groups in total. The number of benzene rings is 2. The van der Waals surface area contributed by atoms with Gasteiger partial charge in [-0.05, 0) is 23.3 Å². The first-order valence-corrected chi connectivity index (χ1v) is 10.7. The molecule has 1 amide bonds. The van der Waals surface area contributed by atoms with Crippen molar-refractivity contribution in [3.63, 3.8) is 0 Å². The Kier molecular flexibility index (Phi) is 4.33. The number of para-hydroxylation sites is 1. The Morgan fingerprint density at radius 3 is 2.63 bits per heavy atom. The lowest BCUT2D eigenvalue weighted by Gasteiger charge is -2.21. The molecule has 30 heavy (non-hydrogen) atoms. The average molecular weight is 416 g/mol. The highest BCUT2D eigenvalue weighted by atomic mass is 32.1. The van der Waals surface area contributed by atoms with E-state index >= 15 is 0 Å². The molecule has 150 valence electrons. The number of fused-ring (bicyclic) bond motifs is 2. The third-order valence-electron chi connectivity index (χ3n) is 5.66. The minimum atomic E-state index is -0.182. The van der Waals surface area contributed by atoms with Crippen molar-refractivity contribution in [2.75, 3.05) is 11.4 Å². The first-order valence-electron chi connectivity index (χ1n) is 9.88. The topological polar surface area (TPSA) is 55.2 Å². The molecular formula is C24H21N3O2S. The van der Waals surface area contributed by atoms with Crippen molar-refractivity contribution >= 4 is 33.1 Å². The normalized spacial score (nSPS) is 14.8. The van der Waals surface area contributed by atoms with Gasteiger partial charge in [-0.3, -0.25) is 14.2 Å². The number of carbonyl (C=O) groups excluding carboxylic acids is 1. The van der Waals surface area contributed by atoms with Gasteiger partial charge in [0.25, 0.3) is 5.56 Å². The van der Waals surface area contributed by atoms with E-state index < -0.39 is 0 Å². The fourth-order valence-electron chi connectivity index (χ4n) is 4.12. The molecule has 5 rings (SSSR count). The standard InChI is InChI=1S/C24H21N3O2S/c1-24(2)14-27(19-11-7-6-10-18(19)24)21(28)13-26-15-25-22-17(23(26)29)12-20(30-22)16-8-4-3-5-9-16/h3-12,15H,13-14H2,1-2H3. The predicted molar refractivity (Wildman–Crippen MR) is 121 cm³/mol. The summed E-state index contributed by atoms with van der Waals surface area (Å²) in [6.07, 6.45) is 1.49. The van der Waals surface area contributed by atoms with Gasteiger partial charge in [0.1, 0.15) is 11.4 Å². The summed E-state index contributed by atoms with van der Waals surface area (Å²) in [5.74, 6) is -0.102. The van der Waals surface area contributed by atoms with Crippen LogP contribution in [0, 0.1) is 0 Å². The number of thiophene rings is 1. The fraction of sp³-hybridized carbons (Fsp3) is 0.208. The van der Waals surface area contributed by atoms with E-state index in [-0.39, 0.29) is 23.4 Å². The highest BCUT2D eigenvalue weighted by Crippen LogP contribution is 2.40. The largest absolute Gasteiger partial charge is 0.310 e. The van der Waals surface area contributed by atoms with Gasteiger partial charge < -0.3 is 4.90 Å². The van der Waals surface area contributed by atoms with E-state index in [1.807, 2.05) is 54.6 Å². The molecule has 0 bridgehead atoms. The molecule has 0 unspecified atom stereocenters. The number of hydrogen-bond acceptors (Lipinski definition) is 4. The maximum atomic E-state index is 13.1. The van der Waals surface area contributed by atoms with Crippen molar-refractivity contribution in [3.05, 3.63) is 82.9 Å². The van der Waals surface area contributed by atoms with Gasteiger partial charge in [-0.25, -0.2) is 4.98 Å². The van der Waals surface area contributed by atoms with Crippen LogP contribution in [-0.4, -0.2) is 22.0 Å². The Labute approximate surface area is 178 Å². The van der Waals surface area contributed by atoms with Gasteiger partial charge in [0.2, 0.25) is 5.91 Å². The van der Waals surface area contributed by atoms with Crippen molar-refractivity contribution < 1.29 is 4.79 Å². The fourth-order valence-corrected chi connectivity index (χ4v) is 5.11. The summed E-state index contributed by atoms with van der Waals surface area (Å²) < 4.78 is 1.42. The molecule has 3 heterocycles. The second-order valence-electron chi connectivity index (χ2n) is 8.25. The van der Waals surface area contributed by atoms with E-state index in [1.165, 1.54) is 22.2 Å². The van der Waals surface area contributed by atoms with E-state index in [4.69, 9.17) is 0 Å². The third kappa shape index (κ3) is 3.04. The van der Waals surface area contributed by atoms with Gasteiger partial charge in [0, 0.05) is 22.5 Å². The molecule has 1 aliphatic heterocycles. The molecule has 0 spiro atoms. The van der Waals surface area contributed by atoms with Crippen LogP contribution < -0.4 is 10.5 Å². The van der Waals surface area contributed by atoms with Crippen molar-refractivity contribution in [1.82, 2.24) is 9.55 Å². The first-order chi connectivity index (χ1) is 14.4. The van der Waals surface area contributed by atoms with Crippen LogP contribution in [0.15, 0.2) is 71.8 Å². The Morgan fingerprint density at radius 2 is 1.83 bits per heavy atom. The Morgan fingerprint density at radius 1 is 1.10 bits per heavy atom. The van der Waals surface area contributed by atoms with Crippen LogP contribution >= 0.6 is 11.3 Å². The summed E-state index contributed by atoms with van der Waals surface area (Å²) in [5, 5.41) is 0.552. The first kappa shape index (κ1) is 18.8. The summed E-state index contributed by atoms with van der Waals surface area (Å²) in [6.45, 7) is 4.85. The maximum Gasteiger partial charge on any atom is 0.262 e. The van der Waals surface area contributed by atoms with Crippen LogP contribution in [0.25, 0.3) is 20.7 Å². The lowest BCUT2D eigenvalue weighted by atomic mass is 9.87. The summed E-state index contributed by atoms with van der Waals surface area (Å²) in [4.78, 5) is 34.1. The van der Waals surface area contributed by atoms with E-state index in [0.717, 1.165) is 21.7 Å². The summed E-state index contributed by atoms with van der Waals surface area (Å²) >= 11 is 1.49. The minimum absolute atomic E-state index is 0.0251. The lowest BCUT2D eigenvalue weighted by molar-refractivity contribution is -0.119. The molecule has 0 fully saturated rings. The summed E-state index contributed by atoms with van der Waals surface area (Å²) in [7, 11) is 0. The van der Waals surface area contributed by atoms with Crippen LogP contribution in [0.5, 0.6) is 0 Å². The molecular weight excluding hydrogens is 394 g/mol. The predicted octanol–water partition coefficient (Wildman–Crippen LogP) is 4.45. The third-order valence-corrected chi connectivity index (χ3v) is 6.75. The van der Waals surface area contributed by atoms with E-state index in [2.05, 4.69) is 24.9 Å². The molecule has 1 aliphatic rings. The van der Waals surface area contributed by atoms with Gasteiger partial charge >= 0.3 is 0 Å². The van der Waals surface area contributed by atoms with Gasteiger partial charge in [-0.15, -0.1) is 11.3 Å². The number of hydrogen-bond donors (Lipinski definition) is 0. The van der Waals surface area contributed by atoms with Crippen LogP contribution in [0.4, 0.5) is 5.69 Å². The molecule has 0 saturated carbocycles. The van der Waals surface area contributed by atoms with Gasteiger partial charge in [-0.2, -0.15) is 0 Å². The molecule has 2 aromatic carbocycles. The lowest BCUT2D eigenvalue weighted by Crippen LogP contribution is -2.38. The molecule has 6 heteroatoms. The van der Waals surface area contributed by atoms with E-state index in [9.17, 15) is 9.59 Å². The molecule has 5 nitrogen and oxygen atoms in total. The second kappa shape index (κ2) is 6.92. The second-order valence-corrected chi connectivity index (χ2v) is 9.28. The number of nitrogens with zero attached hydrogens (tertiary/aromatic N) is 3. The Hall–Kier alpha value is -3.25. The number of carbonyl (C=O) groups is 1. The zero-order chi connectivity index (χ0) is 20.9. The molecule has 4 aromatic rings. The molecule has 0 saturated heterocycles. The zero-order valence-corrected chi connectivity index (χ0v) is 17.6. The minimum Gasteiger partial charge on any atom is -0.310 e. The number of rotatable bonds is 3. The smallest absolute Gasteiger partial charge is 0.262 e. The van der Waals surface area contributed by atoms with Crippen molar-refractivity contribution in [3.8, 4) is 10.4 Å². The summed E-state index contributed by atoms with van der Waals surface area (Å²) in [6, 6.07) is 19.8. The van der Waals surface area contributed by atoms with Gasteiger partial charge in [0.05, 0.1) is 11.7 Å². The molecule has 0 atom stereocenters. The van der Waals surface area contributed by atoms with Crippen LogP contribution in [0.2, 0.25) is 0 Å². The molecule has 0 aliphatic carbocycles. The number of anilines is 1. The van der Waals surface area contributed by atoms with Crippen LogP contribution in [-0.2, 0) is 16.8 Å². The van der Waals surface area contributed by atoms with E-state index in [0.29, 0.717) is 16.8 Å². The highest BCUT2D eigenvalue weighted by molar-refractivity contribution is 7.21. The highest BCUT2D eigenvalue weighted by Gasteiger charge is 2.37. The molecule has 0 radical (unpaired) electrons. The van der Waals surface area contributed by atoms with E-state index in [1.54, 1.807) is 4.90 Å². The number of amides is 1.